The molecule has 1 atom stereocenters. The van der Waals surface area contributed by atoms with Crippen LogP contribution in [-0.4, -0.2) is 35.0 Å². The molecule has 5 rings (SSSR count). The fraction of sp³-hybridized carbons (Fsp3) is 0.182. The van der Waals surface area contributed by atoms with E-state index < -0.39 is 17.7 Å². The van der Waals surface area contributed by atoms with Crippen molar-refractivity contribution in [3.63, 3.8) is 0 Å². The molecule has 1 N–H and O–H groups in total. The van der Waals surface area contributed by atoms with E-state index in [-0.39, 0.29) is 16.9 Å². The molecule has 1 unspecified atom stereocenters. The number of aryl methyl sites for hydroxylation is 1. The van der Waals surface area contributed by atoms with Crippen LogP contribution in [0.4, 0.5) is 5.69 Å². The zero-order valence-electron chi connectivity index (χ0n) is 23.0. The number of anilines is 1. The first kappa shape index (κ1) is 27.5. The summed E-state index contributed by atoms with van der Waals surface area (Å²) >= 11 is 0. The minimum absolute atomic E-state index is 0.0619. The zero-order valence-corrected chi connectivity index (χ0v) is 23.0. The third-order valence-electron chi connectivity index (χ3n) is 6.60. The Kier molecular flexibility index (Phi) is 8.01. The van der Waals surface area contributed by atoms with Crippen molar-refractivity contribution in [2.75, 3.05) is 18.1 Å². The highest BCUT2D eigenvalue weighted by Crippen LogP contribution is 2.44. The maximum absolute atomic E-state index is 13.5. The molecule has 1 fully saturated rings. The van der Waals surface area contributed by atoms with Crippen LogP contribution < -0.4 is 19.1 Å². The quantitative estimate of drug-likeness (QED) is 0.142. The molecule has 1 saturated heterocycles. The second-order valence-electron chi connectivity index (χ2n) is 9.39. The molecule has 0 saturated carbocycles. The average Bonchev–Trinajstić information content (AvgIpc) is 3.24. The Morgan fingerprint density at radius 3 is 2.32 bits per heavy atom. The first-order valence-corrected chi connectivity index (χ1v) is 13.4. The van der Waals surface area contributed by atoms with Crippen LogP contribution in [0.5, 0.6) is 23.0 Å². The van der Waals surface area contributed by atoms with Gasteiger partial charge in [0.15, 0.2) is 0 Å². The highest BCUT2D eigenvalue weighted by atomic mass is 16.5. The number of benzene rings is 3. The molecule has 0 spiro atoms. The average molecular weight is 551 g/mol. The van der Waals surface area contributed by atoms with E-state index in [4.69, 9.17) is 14.2 Å². The molecule has 1 aliphatic heterocycles. The van der Waals surface area contributed by atoms with E-state index >= 15 is 0 Å². The smallest absolute Gasteiger partial charge is 0.300 e. The molecule has 8 nitrogen and oxygen atoms in total. The number of ether oxygens (including phenoxy) is 3. The van der Waals surface area contributed by atoms with Crippen molar-refractivity contribution in [2.45, 2.75) is 26.8 Å². The van der Waals surface area contributed by atoms with Gasteiger partial charge in [-0.05, 0) is 86.5 Å². The van der Waals surface area contributed by atoms with Crippen molar-refractivity contribution in [3.8, 4) is 23.0 Å². The van der Waals surface area contributed by atoms with Crippen LogP contribution in [-0.2, 0) is 9.59 Å². The lowest BCUT2D eigenvalue weighted by Crippen LogP contribution is -2.29. The number of aliphatic hydroxyl groups is 1. The van der Waals surface area contributed by atoms with E-state index in [0.717, 1.165) is 5.56 Å². The van der Waals surface area contributed by atoms with Gasteiger partial charge in [0.1, 0.15) is 28.8 Å². The molecule has 0 bridgehead atoms. The number of carbonyl (C=O) groups excluding carboxylic acids is 2. The standard InChI is InChI=1S/C33H30N2O6/c1-4-39-25-15-16-27(28(19-25)40-5-2)31(36)29-30(22-9-7-17-34-20-22)35(33(38)32(29)37)23-11-13-24(14-12-23)41-26-10-6-8-21(3)18-26/h6-20,30,36H,4-5H2,1-3H3/b31-29-. The summed E-state index contributed by atoms with van der Waals surface area (Å²) in [7, 11) is 0. The summed E-state index contributed by atoms with van der Waals surface area (Å²) in [5.74, 6) is 0.239. The minimum Gasteiger partial charge on any atom is -0.507 e. The summed E-state index contributed by atoms with van der Waals surface area (Å²) in [6, 6.07) is 22.1. The molecule has 3 aromatic carbocycles. The molecular weight excluding hydrogens is 520 g/mol. The van der Waals surface area contributed by atoms with Gasteiger partial charge in [0, 0.05) is 24.1 Å². The molecule has 8 heteroatoms. The number of aliphatic hydroxyl groups excluding tert-OH is 1. The number of amides is 1. The number of carbonyl (C=O) groups is 2. The second kappa shape index (κ2) is 12.0. The fourth-order valence-electron chi connectivity index (χ4n) is 4.82. The topological polar surface area (TPSA) is 98.2 Å². The number of hydrogen-bond acceptors (Lipinski definition) is 7. The Bertz CT molecular complexity index is 1600. The predicted molar refractivity (Wildman–Crippen MR) is 155 cm³/mol. The molecule has 0 aliphatic carbocycles. The normalized spacial score (nSPS) is 16.1. The fourth-order valence-corrected chi connectivity index (χ4v) is 4.82. The van der Waals surface area contributed by atoms with Crippen molar-refractivity contribution in [1.82, 2.24) is 4.98 Å². The van der Waals surface area contributed by atoms with Crippen molar-refractivity contribution >= 4 is 23.1 Å². The van der Waals surface area contributed by atoms with Gasteiger partial charge in [-0.2, -0.15) is 0 Å². The summed E-state index contributed by atoms with van der Waals surface area (Å²) in [6.07, 6.45) is 3.18. The third-order valence-corrected chi connectivity index (χ3v) is 6.60. The maximum Gasteiger partial charge on any atom is 0.300 e. The lowest BCUT2D eigenvalue weighted by Gasteiger charge is -2.25. The summed E-state index contributed by atoms with van der Waals surface area (Å²) in [6.45, 7) is 6.45. The van der Waals surface area contributed by atoms with Gasteiger partial charge < -0.3 is 19.3 Å². The molecular formula is C33H30N2O6. The van der Waals surface area contributed by atoms with Gasteiger partial charge in [-0.1, -0.05) is 18.2 Å². The van der Waals surface area contributed by atoms with Crippen LogP contribution >= 0.6 is 0 Å². The van der Waals surface area contributed by atoms with E-state index in [9.17, 15) is 14.7 Å². The lowest BCUT2D eigenvalue weighted by atomic mass is 9.95. The van der Waals surface area contributed by atoms with Crippen LogP contribution in [0.2, 0.25) is 0 Å². The van der Waals surface area contributed by atoms with Crippen LogP contribution in [0.15, 0.2) is 96.8 Å². The number of ketones is 1. The van der Waals surface area contributed by atoms with E-state index in [0.29, 0.717) is 47.5 Å². The number of Topliss-reactive ketones (excluding diaryl/α,β-unsaturated/α-hetero) is 1. The van der Waals surface area contributed by atoms with Crippen LogP contribution in [0.1, 0.15) is 36.6 Å². The highest BCUT2D eigenvalue weighted by Gasteiger charge is 2.47. The number of rotatable bonds is 9. The van der Waals surface area contributed by atoms with E-state index in [1.54, 1.807) is 67.0 Å². The number of nitrogens with zero attached hydrogens (tertiary/aromatic N) is 2. The van der Waals surface area contributed by atoms with Gasteiger partial charge in [-0.15, -0.1) is 0 Å². The lowest BCUT2D eigenvalue weighted by molar-refractivity contribution is -0.132. The minimum atomic E-state index is -0.923. The third kappa shape index (κ3) is 5.63. The Hall–Kier alpha value is -5.11. The molecule has 41 heavy (non-hydrogen) atoms. The highest BCUT2D eigenvalue weighted by molar-refractivity contribution is 6.51. The molecule has 2 heterocycles. The number of pyridine rings is 1. The maximum atomic E-state index is 13.5. The monoisotopic (exact) mass is 550 g/mol. The van der Waals surface area contributed by atoms with Gasteiger partial charge >= 0.3 is 0 Å². The summed E-state index contributed by atoms with van der Waals surface area (Å²) in [4.78, 5) is 32.7. The predicted octanol–water partition coefficient (Wildman–Crippen LogP) is 6.61. The first-order valence-electron chi connectivity index (χ1n) is 13.4. The van der Waals surface area contributed by atoms with Crippen LogP contribution in [0, 0.1) is 6.92 Å². The summed E-state index contributed by atoms with van der Waals surface area (Å²) < 4.78 is 17.3. The second-order valence-corrected chi connectivity index (χ2v) is 9.39. The van der Waals surface area contributed by atoms with E-state index in [1.807, 2.05) is 45.0 Å². The van der Waals surface area contributed by atoms with Gasteiger partial charge in [-0.3, -0.25) is 19.5 Å². The van der Waals surface area contributed by atoms with Crippen molar-refractivity contribution in [2.24, 2.45) is 0 Å². The Morgan fingerprint density at radius 2 is 1.63 bits per heavy atom. The number of aromatic nitrogens is 1. The molecule has 1 amide bonds. The Morgan fingerprint density at radius 1 is 0.878 bits per heavy atom. The van der Waals surface area contributed by atoms with Gasteiger partial charge in [-0.25, -0.2) is 0 Å². The van der Waals surface area contributed by atoms with E-state index in [2.05, 4.69) is 4.98 Å². The Labute approximate surface area is 238 Å². The molecule has 208 valence electrons. The van der Waals surface area contributed by atoms with E-state index in [1.165, 1.54) is 4.90 Å². The van der Waals surface area contributed by atoms with Crippen molar-refractivity contribution in [3.05, 3.63) is 114 Å². The molecule has 1 aromatic heterocycles. The largest absolute Gasteiger partial charge is 0.507 e. The van der Waals surface area contributed by atoms with Gasteiger partial charge in [0.05, 0.1) is 30.4 Å². The zero-order chi connectivity index (χ0) is 28.9. The van der Waals surface area contributed by atoms with Gasteiger partial charge in [0.2, 0.25) is 0 Å². The number of hydrogen-bond donors (Lipinski definition) is 1. The van der Waals surface area contributed by atoms with Crippen LogP contribution in [0.25, 0.3) is 5.76 Å². The molecule has 1 aliphatic rings. The summed E-state index contributed by atoms with van der Waals surface area (Å²) in [5, 5.41) is 11.6. The summed E-state index contributed by atoms with van der Waals surface area (Å²) in [5.41, 5.74) is 2.32. The first-order chi connectivity index (χ1) is 19.9. The van der Waals surface area contributed by atoms with Crippen molar-refractivity contribution < 1.29 is 28.9 Å². The molecule has 4 aromatic rings. The Balaban J connectivity index is 1.58. The SMILES string of the molecule is CCOc1ccc(/C(O)=C2/C(=O)C(=O)N(c3ccc(Oc4cccc(C)c4)cc3)C2c2cccnc2)c(OCC)c1. The van der Waals surface area contributed by atoms with Crippen molar-refractivity contribution in [1.29, 1.82) is 0 Å². The van der Waals surface area contributed by atoms with Gasteiger partial charge in [0.25, 0.3) is 11.7 Å². The molecule has 0 radical (unpaired) electrons. The van der Waals surface area contributed by atoms with Crippen LogP contribution in [0.3, 0.4) is 0 Å².